The molecule has 0 aliphatic carbocycles. The highest BCUT2D eigenvalue weighted by Crippen LogP contribution is 2.38. The van der Waals surface area contributed by atoms with Gasteiger partial charge in [0, 0.05) is 85.0 Å². The van der Waals surface area contributed by atoms with Crippen molar-refractivity contribution >= 4 is 29.1 Å². The molecule has 1 aliphatic rings. The molecule has 13 heteroatoms. The van der Waals surface area contributed by atoms with Crippen molar-refractivity contribution in [2.75, 3.05) is 39.2 Å². The molecular weight excluding hydrogens is 622 g/mol. The molecule has 0 spiro atoms. The molecule has 5 rings (SSSR count). The summed E-state index contributed by atoms with van der Waals surface area (Å²) in [7, 11) is 3.11. The van der Waals surface area contributed by atoms with E-state index in [1.165, 1.54) is 7.11 Å². The Morgan fingerprint density at radius 3 is 2.64 bits per heavy atom. The Morgan fingerprint density at radius 1 is 1.06 bits per heavy atom. The second kappa shape index (κ2) is 15.8. The minimum Gasteiger partial charge on any atom is -0.496 e. The number of anilines is 1. The minimum atomic E-state index is -0.398. The zero-order valence-electron chi connectivity index (χ0n) is 26.5. The summed E-state index contributed by atoms with van der Waals surface area (Å²) in [5.74, 6) is 0.679. The summed E-state index contributed by atoms with van der Waals surface area (Å²) in [4.78, 5) is 38.4. The van der Waals surface area contributed by atoms with Gasteiger partial charge in [-0.15, -0.1) is 0 Å². The van der Waals surface area contributed by atoms with Crippen LogP contribution in [0.15, 0.2) is 54.9 Å². The number of pyridine rings is 3. The number of carbonyl (C=O) groups excluding carboxylic acids is 2. The molecule has 246 valence electrons. The largest absolute Gasteiger partial charge is 0.496 e. The maximum Gasteiger partial charge on any atom is 0.274 e. The number of aliphatic hydroxyl groups is 1. The lowest BCUT2D eigenvalue weighted by Crippen LogP contribution is -2.35. The van der Waals surface area contributed by atoms with Gasteiger partial charge in [0.1, 0.15) is 11.4 Å². The van der Waals surface area contributed by atoms with Gasteiger partial charge in [0.15, 0.2) is 0 Å². The Kier molecular flexibility index (Phi) is 11.3. The molecule has 5 N–H and O–H groups in total. The van der Waals surface area contributed by atoms with Gasteiger partial charge < -0.3 is 35.8 Å². The number of methoxy groups -OCH3 is 2. The first-order valence-corrected chi connectivity index (χ1v) is 15.6. The van der Waals surface area contributed by atoms with Crippen LogP contribution in [0.2, 0.25) is 5.02 Å². The zero-order chi connectivity index (χ0) is 33.3. The normalized spacial score (nSPS) is 14.1. The van der Waals surface area contributed by atoms with Crippen LogP contribution < -0.4 is 30.7 Å². The van der Waals surface area contributed by atoms with Gasteiger partial charge in [-0.1, -0.05) is 29.8 Å². The fraction of sp³-hybridized carbons (Fsp3) is 0.324. The molecule has 1 fully saturated rings. The van der Waals surface area contributed by atoms with E-state index in [1.54, 1.807) is 37.7 Å². The Bertz CT molecular complexity index is 1750. The van der Waals surface area contributed by atoms with Crippen LogP contribution in [-0.2, 0) is 17.9 Å². The number of nitrogens with one attached hydrogen (secondary N) is 4. The van der Waals surface area contributed by atoms with Crippen LogP contribution in [0.1, 0.15) is 40.0 Å². The van der Waals surface area contributed by atoms with Crippen molar-refractivity contribution in [2.24, 2.45) is 0 Å². The molecule has 0 unspecified atom stereocenters. The standard InChI is InChI=1S/C34H38ClN7O5/c1-20-24(5-4-6-26(20)41-33(45)28-15-29(46-2)22(18-39-28)17-36-13-14-43)32-31(35)25(11-12-38-32)27-9-7-21(34(42-27)47-3)16-37-19-23-8-10-30(44)40-23/h4-7,9,11-12,15,18,23,36-37,43H,8,10,13-14,16-17,19H2,1-3H3,(H,40,44)(H,41,45)/t23-/m1/s1. The van der Waals surface area contributed by atoms with E-state index in [0.29, 0.717) is 71.9 Å². The first-order valence-electron chi connectivity index (χ1n) is 15.3. The third-order valence-corrected chi connectivity index (χ3v) is 8.31. The van der Waals surface area contributed by atoms with Crippen LogP contribution in [0.25, 0.3) is 22.5 Å². The number of carbonyl (C=O) groups is 2. The highest BCUT2D eigenvalue weighted by molar-refractivity contribution is 6.35. The van der Waals surface area contributed by atoms with Crippen LogP contribution in [0, 0.1) is 6.92 Å². The number of ether oxygens (including phenoxy) is 2. The molecule has 0 radical (unpaired) electrons. The fourth-order valence-electron chi connectivity index (χ4n) is 5.40. The van der Waals surface area contributed by atoms with Crippen molar-refractivity contribution < 1.29 is 24.2 Å². The number of hydrogen-bond acceptors (Lipinski definition) is 10. The average Bonchev–Trinajstić information content (AvgIpc) is 3.50. The number of benzene rings is 1. The molecule has 12 nitrogen and oxygen atoms in total. The monoisotopic (exact) mass is 659 g/mol. The Balaban J connectivity index is 1.34. The molecule has 4 aromatic rings. The molecule has 1 aromatic carbocycles. The predicted molar refractivity (Wildman–Crippen MR) is 180 cm³/mol. The van der Waals surface area contributed by atoms with Crippen LogP contribution in [0.4, 0.5) is 5.69 Å². The maximum atomic E-state index is 13.2. The van der Waals surface area contributed by atoms with E-state index in [1.807, 2.05) is 31.2 Å². The SMILES string of the molecule is COc1cc(C(=O)Nc2cccc(-c3nccc(-c4ccc(CNC[C@H]5CCC(=O)N5)c(OC)n4)c3Cl)c2C)ncc1CNCCO. The average molecular weight is 660 g/mol. The molecule has 47 heavy (non-hydrogen) atoms. The second-order valence-electron chi connectivity index (χ2n) is 11.0. The quantitative estimate of drug-likeness (QED) is 0.126. The lowest BCUT2D eigenvalue weighted by molar-refractivity contribution is -0.119. The van der Waals surface area contributed by atoms with Gasteiger partial charge in [-0.2, -0.15) is 0 Å². The van der Waals surface area contributed by atoms with E-state index >= 15 is 0 Å². The minimum absolute atomic E-state index is 0.0150. The highest BCUT2D eigenvalue weighted by Gasteiger charge is 2.21. The number of aromatic nitrogens is 3. The Labute approximate surface area is 278 Å². The topological polar surface area (TPSA) is 160 Å². The van der Waals surface area contributed by atoms with E-state index in [2.05, 4.69) is 31.2 Å². The summed E-state index contributed by atoms with van der Waals surface area (Å²) in [5.41, 5.74) is 5.80. The van der Waals surface area contributed by atoms with Gasteiger partial charge in [0.05, 0.1) is 37.2 Å². The molecule has 1 atom stereocenters. The van der Waals surface area contributed by atoms with Crippen LogP contribution in [0.5, 0.6) is 11.6 Å². The van der Waals surface area contributed by atoms with E-state index in [9.17, 15) is 9.59 Å². The van der Waals surface area contributed by atoms with Crippen LogP contribution >= 0.6 is 11.6 Å². The van der Waals surface area contributed by atoms with Crippen molar-refractivity contribution in [1.82, 2.24) is 30.9 Å². The third kappa shape index (κ3) is 8.03. The van der Waals surface area contributed by atoms with E-state index < -0.39 is 5.91 Å². The summed E-state index contributed by atoms with van der Waals surface area (Å²) in [6.45, 7) is 3.97. The molecular formula is C34H38ClN7O5. The number of hydrogen-bond donors (Lipinski definition) is 5. The molecule has 0 saturated carbocycles. The van der Waals surface area contributed by atoms with E-state index in [4.69, 9.17) is 31.2 Å². The van der Waals surface area contributed by atoms with Gasteiger partial charge in [-0.05, 0) is 37.1 Å². The van der Waals surface area contributed by atoms with Crippen molar-refractivity contribution in [3.05, 3.63) is 82.3 Å². The summed E-state index contributed by atoms with van der Waals surface area (Å²) in [6, 6.07) is 12.9. The highest BCUT2D eigenvalue weighted by atomic mass is 35.5. The third-order valence-electron chi connectivity index (χ3n) is 7.93. The summed E-state index contributed by atoms with van der Waals surface area (Å²) in [6.07, 6.45) is 4.64. The molecule has 3 aromatic heterocycles. The molecule has 4 heterocycles. The number of amides is 2. The maximum absolute atomic E-state index is 13.2. The van der Waals surface area contributed by atoms with Crippen molar-refractivity contribution in [2.45, 2.75) is 38.9 Å². The first-order chi connectivity index (χ1) is 22.8. The van der Waals surface area contributed by atoms with Gasteiger partial charge in [-0.3, -0.25) is 19.6 Å². The summed E-state index contributed by atoms with van der Waals surface area (Å²) in [5, 5.41) is 21.8. The summed E-state index contributed by atoms with van der Waals surface area (Å²) >= 11 is 6.98. The van der Waals surface area contributed by atoms with Crippen molar-refractivity contribution in [3.8, 4) is 34.1 Å². The second-order valence-corrected chi connectivity index (χ2v) is 11.4. The molecule has 1 saturated heterocycles. The van der Waals surface area contributed by atoms with Gasteiger partial charge in [0.2, 0.25) is 11.8 Å². The zero-order valence-corrected chi connectivity index (χ0v) is 27.3. The van der Waals surface area contributed by atoms with Crippen molar-refractivity contribution in [1.29, 1.82) is 0 Å². The molecule has 0 bridgehead atoms. The van der Waals surface area contributed by atoms with Gasteiger partial charge in [-0.25, -0.2) is 4.98 Å². The number of rotatable bonds is 14. The lowest BCUT2D eigenvalue weighted by Gasteiger charge is -2.16. The Morgan fingerprint density at radius 2 is 1.89 bits per heavy atom. The molecule has 2 amide bonds. The molecule has 1 aliphatic heterocycles. The van der Waals surface area contributed by atoms with Crippen LogP contribution in [-0.4, -0.2) is 71.8 Å². The number of aliphatic hydroxyl groups excluding tert-OH is 1. The number of nitrogens with zero attached hydrogens (tertiary/aromatic N) is 3. The van der Waals surface area contributed by atoms with Gasteiger partial charge in [0.25, 0.3) is 5.91 Å². The fourth-order valence-corrected chi connectivity index (χ4v) is 5.71. The number of halogens is 1. The Hall–Kier alpha value is -4.62. The summed E-state index contributed by atoms with van der Waals surface area (Å²) < 4.78 is 11.1. The lowest BCUT2D eigenvalue weighted by atomic mass is 10.0. The van der Waals surface area contributed by atoms with Crippen molar-refractivity contribution in [3.63, 3.8) is 0 Å². The first kappa shape index (κ1) is 33.7. The predicted octanol–water partition coefficient (Wildman–Crippen LogP) is 3.89. The van der Waals surface area contributed by atoms with Gasteiger partial charge >= 0.3 is 0 Å². The smallest absolute Gasteiger partial charge is 0.274 e. The van der Waals surface area contributed by atoms with E-state index in [0.717, 1.165) is 28.7 Å². The van der Waals surface area contributed by atoms with E-state index in [-0.39, 0.29) is 24.2 Å². The van der Waals surface area contributed by atoms with Crippen LogP contribution in [0.3, 0.4) is 0 Å².